The first-order chi connectivity index (χ1) is 11.1. The Morgan fingerprint density at radius 3 is 2.65 bits per heavy atom. The number of aryl methyl sites for hydroxylation is 1. The van der Waals surface area contributed by atoms with Crippen molar-refractivity contribution in [1.82, 2.24) is 15.3 Å². The summed E-state index contributed by atoms with van der Waals surface area (Å²) >= 11 is 0. The van der Waals surface area contributed by atoms with Gasteiger partial charge in [0.15, 0.2) is 0 Å². The summed E-state index contributed by atoms with van der Waals surface area (Å²) in [6.45, 7) is 6.36. The molecule has 0 aliphatic rings. The van der Waals surface area contributed by atoms with Gasteiger partial charge >= 0.3 is 0 Å². The number of benzene rings is 1. The lowest BCUT2D eigenvalue weighted by Crippen LogP contribution is -2.37. The maximum atomic E-state index is 11.8. The van der Waals surface area contributed by atoms with Crippen molar-refractivity contribution in [3.63, 3.8) is 0 Å². The Labute approximate surface area is 136 Å². The molecule has 0 fully saturated rings. The Morgan fingerprint density at radius 1 is 1.26 bits per heavy atom. The minimum absolute atomic E-state index is 0.0105. The van der Waals surface area contributed by atoms with E-state index in [2.05, 4.69) is 20.6 Å². The number of aromatic nitrogens is 2. The molecule has 1 atom stereocenters. The van der Waals surface area contributed by atoms with Gasteiger partial charge in [0.25, 0.3) is 0 Å². The van der Waals surface area contributed by atoms with E-state index in [1.165, 1.54) is 0 Å². The van der Waals surface area contributed by atoms with E-state index in [4.69, 9.17) is 4.74 Å². The summed E-state index contributed by atoms with van der Waals surface area (Å²) in [5.74, 6) is 1.83. The van der Waals surface area contributed by atoms with Crippen molar-refractivity contribution in [1.29, 1.82) is 0 Å². The number of hydrogen-bond acceptors (Lipinski definition) is 5. The van der Waals surface area contributed by atoms with Crippen LogP contribution in [0.15, 0.2) is 36.5 Å². The molecular weight excluding hydrogens is 292 g/mol. The molecule has 2 N–H and O–H groups in total. The lowest BCUT2D eigenvalue weighted by Gasteiger charge is -2.15. The number of rotatable bonds is 7. The van der Waals surface area contributed by atoms with Gasteiger partial charge in [-0.15, -0.1) is 0 Å². The van der Waals surface area contributed by atoms with Gasteiger partial charge in [-0.3, -0.25) is 4.79 Å². The second kappa shape index (κ2) is 8.12. The predicted octanol–water partition coefficient (Wildman–Crippen LogP) is 2.90. The van der Waals surface area contributed by atoms with Crippen LogP contribution in [0.2, 0.25) is 0 Å². The number of anilines is 1. The van der Waals surface area contributed by atoms with Crippen LogP contribution in [0.1, 0.15) is 26.1 Å². The first-order valence-corrected chi connectivity index (χ1v) is 7.70. The van der Waals surface area contributed by atoms with Gasteiger partial charge in [0.05, 0.1) is 0 Å². The second-order valence-electron chi connectivity index (χ2n) is 5.23. The third-order valence-corrected chi connectivity index (χ3v) is 3.15. The van der Waals surface area contributed by atoms with Crippen molar-refractivity contribution in [2.75, 3.05) is 11.9 Å². The fraction of sp³-hybridized carbons (Fsp3) is 0.353. The van der Waals surface area contributed by atoms with Crippen LogP contribution in [0.5, 0.6) is 11.6 Å². The molecule has 6 heteroatoms. The van der Waals surface area contributed by atoms with Crippen molar-refractivity contribution < 1.29 is 9.53 Å². The van der Waals surface area contributed by atoms with E-state index >= 15 is 0 Å². The predicted molar refractivity (Wildman–Crippen MR) is 89.7 cm³/mol. The molecular formula is C17H22N4O2. The number of carbonyl (C=O) groups is 1. The number of nitrogens with zero attached hydrogens (tertiary/aromatic N) is 2. The fourth-order valence-corrected chi connectivity index (χ4v) is 1.95. The Balaban J connectivity index is 1.93. The van der Waals surface area contributed by atoms with E-state index in [9.17, 15) is 4.79 Å². The monoisotopic (exact) mass is 314 g/mol. The van der Waals surface area contributed by atoms with Gasteiger partial charge in [-0.25, -0.2) is 4.98 Å². The van der Waals surface area contributed by atoms with E-state index in [1.54, 1.807) is 12.3 Å². The molecule has 0 aliphatic carbocycles. The molecule has 0 unspecified atom stereocenters. The Kier molecular flexibility index (Phi) is 5.91. The Bertz CT molecular complexity index is 643. The smallest absolute Gasteiger partial charge is 0.242 e. The van der Waals surface area contributed by atoms with Gasteiger partial charge in [0.2, 0.25) is 11.8 Å². The van der Waals surface area contributed by atoms with Crippen LogP contribution in [-0.2, 0) is 4.79 Å². The van der Waals surface area contributed by atoms with E-state index < -0.39 is 0 Å². The molecule has 6 nitrogen and oxygen atoms in total. The largest absolute Gasteiger partial charge is 0.439 e. The average molecular weight is 314 g/mol. The summed E-state index contributed by atoms with van der Waals surface area (Å²) in [6, 6.07) is 8.81. The third-order valence-electron chi connectivity index (χ3n) is 3.15. The van der Waals surface area contributed by atoms with Crippen molar-refractivity contribution in [3.8, 4) is 11.6 Å². The lowest BCUT2D eigenvalue weighted by molar-refractivity contribution is -0.121. The minimum atomic E-state index is -0.294. The number of amides is 1. The van der Waals surface area contributed by atoms with Crippen molar-refractivity contribution in [2.45, 2.75) is 33.2 Å². The van der Waals surface area contributed by atoms with Crippen LogP contribution in [0.25, 0.3) is 0 Å². The molecule has 122 valence electrons. The molecule has 0 saturated carbocycles. The van der Waals surface area contributed by atoms with E-state index in [0.29, 0.717) is 24.0 Å². The number of nitrogens with one attached hydrogen (secondary N) is 2. The highest BCUT2D eigenvalue weighted by molar-refractivity contribution is 5.84. The summed E-state index contributed by atoms with van der Waals surface area (Å²) in [5.41, 5.74) is 0.857. The van der Waals surface area contributed by atoms with Crippen LogP contribution >= 0.6 is 0 Å². The van der Waals surface area contributed by atoms with Crippen LogP contribution in [0, 0.1) is 6.92 Å². The molecule has 0 spiro atoms. The molecule has 23 heavy (non-hydrogen) atoms. The molecule has 2 aromatic rings. The topological polar surface area (TPSA) is 76.1 Å². The van der Waals surface area contributed by atoms with Gasteiger partial charge in [-0.05, 0) is 44.5 Å². The zero-order valence-electron chi connectivity index (χ0n) is 13.7. The minimum Gasteiger partial charge on any atom is -0.439 e. The summed E-state index contributed by atoms with van der Waals surface area (Å²) in [4.78, 5) is 20.0. The Morgan fingerprint density at radius 2 is 2.00 bits per heavy atom. The molecule has 0 aliphatic heterocycles. The van der Waals surface area contributed by atoms with Crippen molar-refractivity contribution in [2.24, 2.45) is 0 Å². The summed E-state index contributed by atoms with van der Waals surface area (Å²) in [6.07, 6.45) is 2.58. The van der Waals surface area contributed by atoms with Gasteiger partial charge in [-0.2, -0.15) is 4.98 Å². The maximum absolute atomic E-state index is 11.8. The normalized spacial score (nSPS) is 11.6. The maximum Gasteiger partial charge on any atom is 0.242 e. The first-order valence-electron chi connectivity index (χ1n) is 7.70. The molecule has 1 amide bonds. The first kappa shape index (κ1) is 16.7. The Hall–Kier alpha value is -2.63. The third kappa shape index (κ3) is 5.25. The standard InChI is InChI=1S/C17H22N4O2/c1-4-10-19-17(22)12(2)20-14-5-7-15(8-6-14)23-16-9-11-18-13(3)21-16/h5-9,11-12,20H,4,10H2,1-3H3,(H,19,22)/t12-/m1/s1. The second-order valence-corrected chi connectivity index (χ2v) is 5.23. The van der Waals surface area contributed by atoms with Gasteiger partial charge in [0, 0.05) is 24.5 Å². The molecule has 0 saturated heterocycles. The molecule has 2 rings (SSSR count). The molecule has 0 radical (unpaired) electrons. The van der Waals surface area contributed by atoms with E-state index in [0.717, 1.165) is 12.1 Å². The van der Waals surface area contributed by atoms with Crippen molar-refractivity contribution >= 4 is 11.6 Å². The number of hydrogen-bond donors (Lipinski definition) is 2. The van der Waals surface area contributed by atoms with Crippen LogP contribution in [0.4, 0.5) is 5.69 Å². The van der Waals surface area contributed by atoms with Gasteiger partial charge in [0.1, 0.15) is 17.6 Å². The van der Waals surface area contributed by atoms with E-state index in [1.807, 2.05) is 45.0 Å². The SMILES string of the molecule is CCCNC(=O)[C@@H](C)Nc1ccc(Oc2ccnc(C)n2)cc1. The number of ether oxygens (including phenoxy) is 1. The summed E-state index contributed by atoms with van der Waals surface area (Å²) in [5, 5.41) is 6.02. The van der Waals surface area contributed by atoms with Crippen LogP contribution in [-0.4, -0.2) is 28.5 Å². The molecule has 0 bridgehead atoms. The average Bonchev–Trinajstić information content (AvgIpc) is 2.54. The van der Waals surface area contributed by atoms with Gasteiger partial charge in [-0.1, -0.05) is 6.92 Å². The molecule has 1 aromatic heterocycles. The van der Waals surface area contributed by atoms with Crippen LogP contribution in [0.3, 0.4) is 0 Å². The van der Waals surface area contributed by atoms with E-state index in [-0.39, 0.29) is 11.9 Å². The fourth-order valence-electron chi connectivity index (χ4n) is 1.95. The quantitative estimate of drug-likeness (QED) is 0.822. The highest BCUT2D eigenvalue weighted by Gasteiger charge is 2.11. The van der Waals surface area contributed by atoms with Crippen molar-refractivity contribution in [3.05, 3.63) is 42.4 Å². The lowest BCUT2D eigenvalue weighted by atomic mass is 10.2. The molecule has 1 heterocycles. The van der Waals surface area contributed by atoms with Gasteiger partial charge < -0.3 is 15.4 Å². The zero-order valence-corrected chi connectivity index (χ0v) is 13.7. The summed E-state index contributed by atoms with van der Waals surface area (Å²) in [7, 11) is 0. The highest BCUT2D eigenvalue weighted by Crippen LogP contribution is 2.21. The van der Waals surface area contributed by atoms with Crippen LogP contribution < -0.4 is 15.4 Å². The number of carbonyl (C=O) groups excluding carboxylic acids is 1. The zero-order chi connectivity index (χ0) is 16.7. The summed E-state index contributed by atoms with van der Waals surface area (Å²) < 4.78 is 5.66. The molecule has 1 aromatic carbocycles. The highest BCUT2D eigenvalue weighted by atomic mass is 16.5.